The molecule has 0 saturated carbocycles. The van der Waals surface area contributed by atoms with E-state index in [2.05, 4.69) is 10.6 Å². The van der Waals surface area contributed by atoms with Gasteiger partial charge in [-0.05, 0) is 25.2 Å². The van der Waals surface area contributed by atoms with Gasteiger partial charge >= 0.3 is 5.97 Å². The Balaban J connectivity index is 2.63. The van der Waals surface area contributed by atoms with Crippen molar-refractivity contribution in [3.8, 4) is 0 Å². The fourth-order valence-corrected chi connectivity index (χ4v) is 1.63. The summed E-state index contributed by atoms with van der Waals surface area (Å²) in [6.07, 6.45) is 0. The number of rotatable bonds is 5. The van der Waals surface area contributed by atoms with Crippen LogP contribution in [0.4, 0.5) is 5.69 Å². The Hall–Kier alpha value is -0.970. The van der Waals surface area contributed by atoms with Gasteiger partial charge in [-0.2, -0.15) is 0 Å². The van der Waals surface area contributed by atoms with Gasteiger partial charge in [0.15, 0.2) is 0 Å². The lowest BCUT2D eigenvalue weighted by Crippen LogP contribution is -2.39. The molecule has 0 aromatic heterocycles. The number of nitrogens with one attached hydrogen (secondary N) is 2. The SMILES string of the molecule is CNC(CNc1ccc(Cl)cc1Cl)C(=O)O. The summed E-state index contributed by atoms with van der Waals surface area (Å²) in [7, 11) is 1.59. The maximum absolute atomic E-state index is 10.7. The third-order valence-corrected chi connectivity index (χ3v) is 2.62. The molecule has 3 N–H and O–H groups in total. The lowest BCUT2D eigenvalue weighted by molar-refractivity contribution is -0.138. The van der Waals surface area contributed by atoms with Gasteiger partial charge in [0.1, 0.15) is 6.04 Å². The van der Waals surface area contributed by atoms with Crippen molar-refractivity contribution in [3.05, 3.63) is 28.2 Å². The molecule has 0 aliphatic carbocycles. The van der Waals surface area contributed by atoms with Crippen LogP contribution in [0.2, 0.25) is 10.0 Å². The van der Waals surface area contributed by atoms with Gasteiger partial charge in [0, 0.05) is 11.6 Å². The van der Waals surface area contributed by atoms with Crippen molar-refractivity contribution >= 4 is 34.9 Å². The van der Waals surface area contributed by atoms with Crippen molar-refractivity contribution in [3.63, 3.8) is 0 Å². The molecule has 0 fully saturated rings. The summed E-state index contributed by atoms with van der Waals surface area (Å²) in [5.41, 5.74) is 0.660. The molecule has 0 bridgehead atoms. The fraction of sp³-hybridized carbons (Fsp3) is 0.300. The van der Waals surface area contributed by atoms with Crippen molar-refractivity contribution < 1.29 is 9.90 Å². The van der Waals surface area contributed by atoms with E-state index in [9.17, 15) is 4.79 Å². The number of hydrogen-bond donors (Lipinski definition) is 3. The lowest BCUT2D eigenvalue weighted by atomic mass is 10.2. The molecule has 4 nitrogen and oxygen atoms in total. The van der Waals surface area contributed by atoms with Crippen LogP contribution in [0.25, 0.3) is 0 Å². The average Bonchev–Trinajstić information content (AvgIpc) is 2.21. The van der Waals surface area contributed by atoms with Crippen molar-refractivity contribution in [2.24, 2.45) is 0 Å². The van der Waals surface area contributed by atoms with Crippen molar-refractivity contribution in [1.29, 1.82) is 0 Å². The summed E-state index contributed by atoms with van der Waals surface area (Å²) in [6, 6.07) is 4.33. The predicted octanol–water partition coefficient (Wildman–Crippen LogP) is 2.08. The normalized spacial score (nSPS) is 12.2. The van der Waals surface area contributed by atoms with Gasteiger partial charge in [-0.25, -0.2) is 0 Å². The zero-order valence-electron chi connectivity index (χ0n) is 8.63. The number of carboxylic acid groups (broad SMARTS) is 1. The molecular weight excluding hydrogens is 251 g/mol. The molecule has 1 aromatic carbocycles. The molecule has 6 heteroatoms. The summed E-state index contributed by atoms with van der Waals surface area (Å²) in [5.74, 6) is -0.917. The minimum atomic E-state index is -0.917. The van der Waals surface area contributed by atoms with Gasteiger partial charge in [0.25, 0.3) is 0 Å². The molecule has 0 aliphatic heterocycles. The number of anilines is 1. The molecule has 16 heavy (non-hydrogen) atoms. The first-order chi connectivity index (χ1) is 7.54. The minimum absolute atomic E-state index is 0.243. The summed E-state index contributed by atoms with van der Waals surface area (Å²) in [4.78, 5) is 10.7. The van der Waals surface area contributed by atoms with E-state index < -0.39 is 12.0 Å². The van der Waals surface area contributed by atoms with E-state index in [1.807, 2.05) is 0 Å². The molecule has 1 rings (SSSR count). The third kappa shape index (κ3) is 3.56. The smallest absolute Gasteiger partial charge is 0.322 e. The van der Waals surface area contributed by atoms with E-state index in [1.54, 1.807) is 25.2 Å². The largest absolute Gasteiger partial charge is 0.480 e. The zero-order chi connectivity index (χ0) is 12.1. The molecule has 0 radical (unpaired) electrons. The van der Waals surface area contributed by atoms with Crippen LogP contribution in [0.1, 0.15) is 0 Å². The molecule has 0 saturated heterocycles. The number of halogens is 2. The monoisotopic (exact) mass is 262 g/mol. The summed E-state index contributed by atoms with van der Waals surface area (Å²) >= 11 is 11.7. The first-order valence-corrected chi connectivity index (χ1v) is 5.39. The summed E-state index contributed by atoms with van der Waals surface area (Å²) in [5, 5.41) is 15.4. The molecule has 0 aliphatic rings. The Morgan fingerprint density at radius 1 is 1.50 bits per heavy atom. The number of benzene rings is 1. The number of carbonyl (C=O) groups is 1. The van der Waals surface area contributed by atoms with Crippen LogP contribution in [-0.2, 0) is 4.79 Å². The van der Waals surface area contributed by atoms with Crippen LogP contribution < -0.4 is 10.6 Å². The van der Waals surface area contributed by atoms with Crippen molar-refractivity contribution in [2.75, 3.05) is 18.9 Å². The van der Waals surface area contributed by atoms with Crippen LogP contribution in [0, 0.1) is 0 Å². The third-order valence-electron chi connectivity index (χ3n) is 2.07. The second-order valence-electron chi connectivity index (χ2n) is 3.18. The molecule has 0 amide bonds. The summed E-state index contributed by atoms with van der Waals surface area (Å²) in [6.45, 7) is 0.243. The quantitative estimate of drug-likeness (QED) is 0.761. The highest BCUT2D eigenvalue weighted by Crippen LogP contribution is 2.25. The molecule has 0 heterocycles. The highest BCUT2D eigenvalue weighted by atomic mass is 35.5. The van der Waals surface area contributed by atoms with E-state index in [0.717, 1.165) is 0 Å². The topological polar surface area (TPSA) is 61.4 Å². The van der Waals surface area contributed by atoms with Gasteiger partial charge in [0.2, 0.25) is 0 Å². The highest BCUT2D eigenvalue weighted by Gasteiger charge is 2.14. The molecule has 1 unspecified atom stereocenters. The van der Waals surface area contributed by atoms with Gasteiger partial charge < -0.3 is 15.7 Å². The molecule has 1 aromatic rings. The van der Waals surface area contributed by atoms with Gasteiger partial charge in [0.05, 0.1) is 10.7 Å². The lowest BCUT2D eigenvalue weighted by Gasteiger charge is -2.14. The fourth-order valence-electron chi connectivity index (χ4n) is 1.16. The number of aliphatic carboxylic acids is 1. The maximum atomic E-state index is 10.7. The van der Waals surface area contributed by atoms with E-state index in [1.165, 1.54) is 0 Å². The molecular formula is C10H12Cl2N2O2. The molecule has 0 spiro atoms. The second-order valence-corrected chi connectivity index (χ2v) is 4.03. The van der Waals surface area contributed by atoms with Crippen molar-refractivity contribution in [1.82, 2.24) is 5.32 Å². The Labute approximate surface area is 104 Å². The second kappa shape index (κ2) is 5.94. The van der Waals surface area contributed by atoms with Crippen LogP contribution in [0.5, 0.6) is 0 Å². The maximum Gasteiger partial charge on any atom is 0.322 e. The number of likely N-dealkylation sites (N-methyl/N-ethyl adjacent to an activating group) is 1. The van der Waals surface area contributed by atoms with Crippen LogP contribution in [0.15, 0.2) is 18.2 Å². The average molecular weight is 263 g/mol. The highest BCUT2D eigenvalue weighted by molar-refractivity contribution is 6.36. The van der Waals surface area contributed by atoms with Gasteiger partial charge in [-0.3, -0.25) is 4.79 Å². The van der Waals surface area contributed by atoms with E-state index >= 15 is 0 Å². The minimum Gasteiger partial charge on any atom is -0.480 e. The van der Waals surface area contributed by atoms with E-state index in [4.69, 9.17) is 28.3 Å². The van der Waals surface area contributed by atoms with Crippen LogP contribution in [0.3, 0.4) is 0 Å². The number of hydrogen-bond acceptors (Lipinski definition) is 3. The Morgan fingerprint density at radius 3 is 2.69 bits per heavy atom. The van der Waals surface area contributed by atoms with E-state index in [-0.39, 0.29) is 6.54 Å². The Morgan fingerprint density at radius 2 is 2.19 bits per heavy atom. The zero-order valence-corrected chi connectivity index (χ0v) is 10.1. The van der Waals surface area contributed by atoms with Crippen LogP contribution >= 0.6 is 23.2 Å². The van der Waals surface area contributed by atoms with Gasteiger partial charge in [-0.15, -0.1) is 0 Å². The van der Waals surface area contributed by atoms with Crippen molar-refractivity contribution in [2.45, 2.75) is 6.04 Å². The van der Waals surface area contributed by atoms with Crippen LogP contribution in [-0.4, -0.2) is 30.7 Å². The molecule has 1 atom stereocenters. The number of carboxylic acids is 1. The Bertz CT molecular complexity index is 385. The van der Waals surface area contributed by atoms with Gasteiger partial charge in [-0.1, -0.05) is 23.2 Å². The Kier molecular flexibility index (Phi) is 4.86. The summed E-state index contributed by atoms with van der Waals surface area (Å²) < 4.78 is 0. The molecule has 88 valence electrons. The first kappa shape index (κ1) is 13.1. The standard InChI is InChI=1S/C10H12Cl2N2O2/c1-13-9(10(15)16)5-14-8-3-2-6(11)4-7(8)12/h2-4,9,13-14H,5H2,1H3,(H,15,16). The first-order valence-electron chi connectivity index (χ1n) is 4.63. The predicted molar refractivity (Wildman–Crippen MR) is 65.4 cm³/mol. The van der Waals surface area contributed by atoms with E-state index in [0.29, 0.717) is 15.7 Å².